The Hall–Kier alpha value is -2.08. The molecule has 3 rings (SSSR count). The number of aromatic nitrogens is 2. The molecule has 1 fully saturated rings. The van der Waals surface area contributed by atoms with Gasteiger partial charge in [0, 0.05) is 39.1 Å². The van der Waals surface area contributed by atoms with Gasteiger partial charge in [-0.1, -0.05) is 12.1 Å². The van der Waals surface area contributed by atoms with Gasteiger partial charge in [0.25, 0.3) is 0 Å². The number of para-hydroxylation sites is 1. The lowest BCUT2D eigenvalue weighted by molar-refractivity contribution is 0.137. The van der Waals surface area contributed by atoms with Crippen LogP contribution in [0.5, 0.6) is 0 Å². The van der Waals surface area contributed by atoms with Gasteiger partial charge >= 0.3 is 6.03 Å². The maximum absolute atomic E-state index is 12.4. The van der Waals surface area contributed by atoms with E-state index in [1.165, 1.54) is 24.9 Å². The topological polar surface area (TPSA) is 64.3 Å². The molecule has 2 N–H and O–H groups in total. The lowest BCUT2D eigenvalue weighted by Gasteiger charge is -2.35. The van der Waals surface area contributed by atoms with Crippen LogP contribution in [0.4, 0.5) is 4.79 Å². The monoisotopic (exact) mass is 371 g/mol. The number of likely N-dealkylation sites (N-methyl/N-ethyl adjacent to an activating group) is 1. The molecule has 1 saturated heterocycles. The number of urea groups is 1. The van der Waals surface area contributed by atoms with E-state index in [1.54, 1.807) is 4.90 Å². The van der Waals surface area contributed by atoms with Crippen LogP contribution in [-0.4, -0.2) is 65.1 Å². The number of carbonyl (C=O) groups excluding carboxylic acids is 1. The largest absolute Gasteiger partial charge is 0.342 e. The molecule has 1 aromatic heterocycles. The molecule has 6 heteroatoms. The van der Waals surface area contributed by atoms with E-state index in [9.17, 15) is 4.79 Å². The predicted molar refractivity (Wildman–Crippen MR) is 110 cm³/mol. The highest BCUT2D eigenvalue weighted by Crippen LogP contribution is 2.18. The number of rotatable bonds is 6. The van der Waals surface area contributed by atoms with Gasteiger partial charge in [-0.25, -0.2) is 9.78 Å². The number of fused-ring (bicyclic) bond motifs is 1. The molecule has 2 heterocycles. The minimum atomic E-state index is 0.00367. The van der Waals surface area contributed by atoms with E-state index in [0.29, 0.717) is 18.5 Å². The van der Waals surface area contributed by atoms with E-state index >= 15 is 0 Å². The third-order valence-electron chi connectivity index (χ3n) is 5.62. The summed E-state index contributed by atoms with van der Waals surface area (Å²) in [6, 6.07) is 6.73. The summed E-state index contributed by atoms with van der Waals surface area (Å²) < 4.78 is 0. The molecule has 0 spiro atoms. The van der Waals surface area contributed by atoms with Crippen LogP contribution >= 0.6 is 0 Å². The molecule has 1 aliphatic rings. The zero-order chi connectivity index (χ0) is 19.4. The summed E-state index contributed by atoms with van der Waals surface area (Å²) in [6.07, 6.45) is 3.15. The number of aryl methyl sites for hydroxylation is 1. The molecule has 0 radical (unpaired) electrons. The molecule has 0 bridgehead atoms. The molecule has 0 aliphatic carbocycles. The van der Waals surface area contributed by atoms with Crippen molar-refractivity contribution in [3.05, 3.63) is 29.6 Å². The van der Waals surface area contributed by atoms with Gasteiger partial charge < -0.3 is 20.1 Å². The van der Waals surface area contributed by atoms with E-state index in [2.05, 4.69) is 47.0 Å². The van der Waals surface area contributed by atoms with Gasteiger partial charge in [-0.3, -0.25) is 0 Å². The van der Waals surface area contributed by atoms with Gasteiger partial charge in [-0.2, -0.15) is 0 Å². The summed E-state index contributed by atoms with van der Waals surface area (Å²) in [5, 5.41) is 3.11. The SMILES string of the molecule is Cc1cccc2[nH]c(CCN(C)C(=O)NC[C@@H]3CCCN(C(C)C)C3)nc12. The molecule has 1 aliphatic heterocycles. The zero-order valence-electron chi connectivity index (χ0n) is 17.1. The van der Waals surface area contributed by atoms with Crippen LogP contribution in [0.15, 0.2) is 18.2 Å². The van der Waals surface area contributed by atoms with E-state index in [0.717, 1.165) is 36.4 Å². The first kappa shape index (κ1) is 19.7. The second-order valence-electron chi connectivity index (χ2n) is 8.11. The van der Waals surface area contributed by atoms with Crippen LogP contribution < -0.4 is 5.32 Å². The molecule has 2 aromatic rings. The van der Waals surface area contributed by atoms with Crippen LogP contribution in [0.2, 0.25) is 0 Å². The highest BCUT2D eigenvalue weighted by atomic mass is 16.2. The molecule has 6 nitrogen and oxygen atoms in total. The number of H-pyrrole nitrogens is 1. The summed E-state index contributed by atoms with van der Waals surface area (Å²) in [5.74, 6) is 1.48. The first-order valence-electron chi connectivity index (χ1n) is 10.1. The Kier molecular flexibility index (Phi) is 6.37. The van der Waals surface area contributed by atoms with Crippen molar-refractivity contribution in [3.8, 4) is 0 Å². The van der Waals surface area contributed by atoms with E-state index in [4.69, 9.17) is 0 Å². The number of imidazole rings is 1. The van der Waals surface area contributed by atoms with Crippen molar-refractivity contribution in [1.82, 2.24) is 25.1 Å². The summed E-state index contributed by atoms with van der Waals surface area (Å²) in [4.78, 5) is 24.7. The second-order valence-corrected chi connectivity index (χ2v) is 8.11. The fraction of sp³-hybridized carbons (Fsp3) is 0.619. The molecular formula is C21H33N5O. The van der Waals surface area contributed by atoms with Crippen molar-refractivity contribution in [1.29, 1.82) is 0 Å². The number of piperidine rings is 1. The van der Waals surface area contributed by atoms with Crippen molar-refractivity contribution in [2.45, 2.75) is 46.1 Å². The lowest BCUT2D eigenvalue weighted by Crippen LogP contribution is -2.46. The van der Waals surface area contributed by atoms with Gasteiger partial charge in [0.2, 0.25) is 0 Å². The summed E-state index contributed by atoms with van der Waals surface area (Å²) in [6.45, 7) is 10.2. The summed E-state index contributed by atoms with van der Waals surface area (Å²) >= 11 is 0. The minimum Gasteiger partial charge on any atom is -0.342 e. The van der Waals surface area contributed by atoms with Crippen LogP contribution in [0.25, 0.3) is 11.0 Å². The number of nitrogens with one attached hydrogen (secondary N) is 2. The molecule has 2 amide bonds. The number of nitrogens with zero attached hydrogens (tertiary/aromatic N) is 3. The number of hydrogen-bond donors (Lipinski definition) is 2. The Morgan fingerprint density at radius 3 is 3.00 bits per heavy atom. The number of likely N-dealkylation sites (tertiary alicyclic amines) is 1. The van der Waals surface area contributed by atoms with Crippen LogP contribution in [-0.2, 0) is 6.42 Å². The number of benzene rings is 1. The zero-order valence-corrected chi connectivity index (χ0v) is 17.1. The molecule has 27 heavy (non-hydrogen) atoms. The number of amides is 2. The summed E-state index contributed by atoms with van der Waals surface area (Å²) in [5.41, 5.74) is 3.25. The van der Waals surface area contributed by atoms with Gasteiger partial charge in [-0.05, 0) is 57.7 Å². The maximum Gasteiger partial charge on any atom is 0.317 e. The summed E-state index contributed by atoms with van der Waals surface area (Å²) in [7, 11) is 1.85. The van der Waals surface area contributed by atoms with Crippen LogP contribution in [0.1, 0.15) is 38.1 Å². The highest BCUT2D eigenvalue weighted by Gasteiger charge is 2.22. The Morgan fingerprint density at radius 1 is 1.44 bits per heavy atom. The molecule has 0 unspecified atom stereocenters. The minimum absolute atomic E-state index is 0.00367. The van der Waals surface area contributed by atoms with E-state index in [-0.39, 0.29) is 6.03 Å². The van der Waals surface area contributed by atoms with Crippen molar-refractivity contribution >= 4 is 17.1 Å². The van der Waals surface area contributed by atoms with Crippen molar-refractivity contribution in [2.75, 3.05) is 33.2 Å². The fourth-order valence-electron chi connectivity index (χ4n) is 3.82. The average Bonchev–Trinajstić information content (AvgIpc) is 3.09. The Bertz CT molecular complexity index is 769. The third kappa shape index (κ3) is 5.01. The standard InChI is InChI=1S/C21H33N5O/c1-15(2)26-11-6-8-17(14-26)13-22-21(27)25(4)12-10-19-23-18-9-5-7-16(3)20(18)24-19/h5,7,9,15,17H,6,8,10-14H2,1-4H3,(H,22,27)(H,23,24)/t17-/m0/s1. The maximum atomic E-state index is 12.4. The van der Waals surface area contributed by atoms with Gasteiger partial charge in [0.1, 0.15) is 5.82 Å². The van der Waals surface area contributed by atoms with Gasteiger partial charge in [0.15, 0.2) is 0 Å². The lowest BCUT2D eigenvalue weighted by atomic mass is 9.97. The number of carbonyl (C=O) groups is 1. The highest BCUT2D eigenvalue weighted by molar-refractivity contribution is 5.78. The van der Waals surface area contributed by atoms with Crippen molar-refractivity contribution in [3.63, 3.8) is 0 Å². The predicted octanol–water partition coefficient (Wildman–Crippen LogP) is 3.18. The number of aromatic amines is 1. The smallest absolute Gasteiger partial charge is 0.317 e. The number of hydrogen-bond acceptors (Lipinski definition) is 3. The fourth-order valence-corrected chi connectivity index (χ4v) is 3.82. The molecule has 1 atom stereocenters. The first-order valence-corrected chi connectivity index (χ1v) is 10.1. The Morgan fingerprint density at radius 2 is 2.26 bits per heavy atom. The van der Waals surface area contributed by atoms with Crippen LogP contribution in [0, 0.1) is 12.8 Å². The molecule has 0 saturated carbocycles. The molecule has 1 aromatic carbocycles. The van der Waals surface area contributed by atoms with E-state index in [1.807, 2.05) is 19.2 Å². The molecule has 148 valence electrons. The van der Waals surface area contributed by atoms with Gasteiger partial charge in [0.05, 0.1) is 11.0 Å². The Balaban J connectivity index is 1.45. The molecular weight excluding hydrogens is 338 g/mol. The second kappa shape index (κ2) is 8.74. The normalized spacial score (nSPS) is 18.2. The van der Waals surface area contributed by atoms with Crippen molar-refractivity contribution < 1.29 is 4.79 Å². The average molecular weight is 372 g/mol. The quantitative estimate of drug-likeness (QED) is 0.820. The van der Waals surface area contributed by atoms with E-state index < -0.39 is 0 Å². The van der Waals surface area contributed by atoms with Crippen LogP contribution in [0.3, 0.4) is 0 Å². The Labute approximate surface area is 162 Å². The third-order valence-corrected chi connectivity index (χ3v) is 5.62. The van der Waals surface area contributed by atoms with Crippen molar-refractivity contribution in [2.24, 2.45) is 5.92 Å². The first-order chi connectivity index (χ1) is 12.9. The van der Waals surface area contributed by atoms with Gasteiger partial charge in [-0.15, -0.1) is 0 Å².